The lowest BCUT2D eigenvalue weighted by molar-refractivity contribution is -0.172. The molecule has 0 aliphatic heterocycles. The highest BCUT2D eigenvalue weighted by Gasteiger charge is 2.36. The lowest BCUT2D eigenvalue weighted by atomic mass is 10.0. The molecule has 0 aromatic rings. The minimum absolute atomic E-state index is 0.118. The van der Waals surface area contributed by atoms with Crippen molar-refractivity contribution in [2.45, 2.75) is 128 Å². The van der Waals surface area contributed by atoms with Gasteiger partial charge in [-0.1, -0.05) is 70.4 Å². The van der Waals surface area contributed by atoms with Gasteiger partial charge in [-0.2, -0.15) is 0 Å². The largest absolute Gasteiger partial charge is 0.451 e. The summed E-state index contributed by atoms with van der Waals surface area (Å²) in [7, 11) is 0. The van der Waals surface area contributed by atoms with Gasteiger partial charge in [0.25, 0.3) is 0 Å². The summed E-state index contributed by atoms with van der Waals surface area (Å²) in [5, 5.41) is 37.9. The Labute approximate surface area is 193 Å². The van der Waals surface area contributed by atoms with Crippen LogP contribution < -0.4 is 0 Å². The van der Waals surface area contributed by atoms with E-state index in [9.17, 15) is 24.9 Å². The third-order valence-corrected chi connectivity index (χ3v) is 5.54. The number of allylic oxidation sites excluding steroid dienone is 2. The van der Waals surface area contributed by atoms with Crippen molar-refractivity contribution in [1.82, 2.24) is 0 Å². The number of hydrogen-bond acceptors (Lipinski definition) is 7. The molecule has 0 bridgehead atoms. The number of rotatable bonds is 21. The monoisotopic (exact) mass is 458 g/mol. The van der Waals surface area contributed by atoms with E-state index in [1.807, 2.05) is 0 Å². The summed E-state index contributed by atoms with van der Waals surface area (Å²) >= 11 is 0. The molecule has 4 atom stereocenters. The molecule has 0 heterocycles. The predicted octanol–water partition coefficient (Wildman–Crippen LogP) is 3.60. The number of esters is 1. The number of carbonyl (C=O) groups excluding carboxylic acids is 2. The number of Topliss-reactive ketones (excluding diaryl/α,β-unsaturated/α-hetero) is 1. The Morgan fingerprint density at radius 1 is 0.781 bits per heavy atom. The molecule has 0 radical (unpaired) electrons. The zero-order chi connectivity index (χ0) is 24.2. The molecule has 0 spiro atoms. The van der Waals surface area contributed by atoms with Gasteiger partial charge in [0.05, 0.1) is 6.61 Å². The van der Waals surface area contributed by atoms with Crippen molar-refractivity contribution in [3.8, 4) is 0 Å². The second-order valence-corrected chi connectivity index (χ2v) is 8.59. The van der Waals surface area contributed by atoms with Crippen LogP contribution >= 0.6 is 0 Å². The van der Waals surface area contributed by atoms with Gasteiger partial charge >= 0.3 is 5.97 Å². The van der Waals surface area contributed by atoms with Crippen molar-refractivity contribution < 1.29 is 34.8 Å². The third-order valence-electron chi connectivity index (χ3n) is 5.54. The third kappa shape index (κ3) is 15.5. The summed E-state index contributed by atoms with van der Waals surface area (Å²) in [6.07, 6.45) is 12.8. The van der Waals surface area contributed by atoms with Crippen molar-refractivity contribution in [3.05, 3.63) is 12.2 Å². The van der Waals surface area contributed by atoms with E-state index in [-0.39, 0.29) is 6.42 Å². The van der Waals surface area contributed by atoms with E-state index >= 15 is 0 Å². The molecule has 0 aromatic heterocycles. The maximum absolute atomic E-state index is 12.0. The first-order valence-electron chi connectivity index (χ1n) is 12.3. The molecule has 0 saturated carbocycles. The quantitative estimate of drug-likeness (QED) is 0.118. The SMILES string of the molecule is CCCCCCCCC=CCCCCCCCC(=O)O[C@@H](C(C)=O)[C@@H](O)[C@H](O)[C@H](O)CO. The van der Waals surface area contributed by atoms with Crippen LogP contribution in [-0.2, 0) is 14.3 Å². The fraction of sp³-hybridized carbons (Fsp3) is 0.840. The van der Waals surface area contributed by atoms with E-state index in [0.717, 1.165) is 39.0 Å². The van der Waals surface area contributed by atoms with Gasteiger partial charge in [-0.05, 0) is 39.0 Å². The summed E-state index contributed by atoms with van der Waals surface area (Å²) in [6.45, 7) is 2.57. The van der Waals surface area contributed by atoms with E-state index in [4.69, 9.17) is 9.84 Å². The van der Waals surface area contributed by atoms with E-state index in [0.29, 0.717) is 6.42 Å². The van der Waals surface area contributed by atoms with Crippen molar-refractivity contribution in [2.75, 3.05) is 6.61 Å². The predicted molar refractivity (Wildman–Crippen MR) is 125 cm³/mol. The molecule has 0 aliphatic rings. The minimum atomic E-state index is -1.80. The number of ketones is 1. The first kappa shape index (κ1) is 30.7. The first-order chi connectivity index (χ1) is 15.3. The van der Waals surface area contributed by atoms with Crippen LogP contribution in [0, 0.1) is 0 Å². The average Bonchev–Trinajstić information content (AvgIpc) is 2.78. The maximum atomic E-state index is 12.0. The van der Waals surface area contributed by atoms with Crippen molar-refractivity contribution >= 4 is 11.8 Å². The normalized spacial score (nSPS) is 15.4. The summed E-state index contributed by atoms with van der Waals surface area (Å²) in [4.78, 5) is 23.6. The van der Waals surface area contributed by atoms with Crippen molar-refractivity contribution in [3.63, 3.8) is 0 Å². The van der Waals surface area contributed by atoms with Crippen molar-refractivity contribution in [2.24, 2.45) is 0 Å². The van der Waals surface area contributed by atoms with E-state index in [1.165, 1.54) is 44.9 Å². The van der Waals surface area contributed by atoms with Crippen LogP contribution in [0.15, 0.2) is 12.2 Å². The molecule has 0 amide bonds. The molecule has 0 fully saturated rings. The Kier molecular flexibility index (Phi) is 19.5. The van der Waals surface area contributed by atoms with Gasteiger partial charge in [0.15, 0.2) is 11.9 Å². The van der Waals surface area contributed by atoms with Crippen LogP contribution in [0.3, 0.4) is 0 Å². The van der Waals surface area contributed by atoms with Crippen LogP contribution in [-0.4, -0.2) is 63.2 Å². The molecule has 7 nitrogen and oxygen atoms in total. The summed E-state index contributed by atoms with van der Waals surface area (Å²) in [5.74, 6) is -1.27. The van der Waals surface area contributed by atoms with Gasteiger partial charge in [-0.3, -0.25) is 9.59 Å². The highest BCUT2D eigenvalue weighted by Crippen LogP contribution is 2.13. The summed E-state index contributed by atoms with van der Waals surface area (Å²) < 4.78 is 5.01. The van der Waals surface area contributed by atoms with Crippen LogP contribution in [0.2, 0.25) is 0 Å². The number of aliphatic hydroxyl groups is 4. The maximum Gasteiger partial charge on any atom is 0.306 e. The Bertz CT molecular complexity index is 507. The summed E-state index contributed by atoms with van der Waals surface area (Å²) in [5.41, 5.74) is 0. The second-order valence-electron chi connectivity index (χ2n) is 8.59. The Morgan fingerprint density at radius 2 is 1.28 bits per heavy atom. The fourth-order valence-electron chi connectivity index (χ4n) is 3.45. The van der Waals surface area contributed by atoms with Crippen LogP contribution in [0.25, 0.3) is 0 Å². The van der Waals surface area contributed by atoms with Crippen LogP contribution in [0.1, 0.15) is 104 Å². The first-order valence-corrected chi connectivity index (χ1v) is 12.3. The average molecular weight is 459 g/mol. The molecular weight excluding hydrogens is 412 g/mol. The second kappa shape index (κ2) is 20.3. The molecule has 4 N–H and O–H groups in total. The zero-order valence-electron chi connectivity index (χ0n) is 20.1. The lowest BCUT2D eigenvalue weighted by Gasteiger charge is -2.27. The molecule has 0 rings (SSSR count). The van der Waals surface area contributed by atoms with Gasteiger partial charge in [0.1, 0.15) is 18.3 Å². The van der Waals surface area contributed by atoms with Crippen LogP contribution in [0.5, 0.6) is 0 Å². The molecule has 0 unspecified atom stereocenters. The number of unbranched alkanes of at least 4 members (excludes halogenated alkanes) is 11. The van der Waals surface area contributed by atoms with Gasteiger partial charge in [0, 0.05) is 6.42 Å². The Hall–Kier alpha value is -1.28. The number of carbonyl (C=O) groups is 2. The van der Waals surface area contributed by atoms with Crippen LogP contribution in [0.4, 0.5) is 0 Å². The Morgan fingerprint density at radius 3 is 1.78 bits per heavy atom. The van der Waals surface area contributed by atoms with E-state index in [2.05, 4.69) is 19.1 Å². The molecule has 188 valence electrons. The number of hydrogen-bond donors (Lipinski definition) is 4. The molecule has 7 heteroatoms. The minimum Gasteiger partial charge on any atom is -0.451 e. The smallest absolute Gasteiger partial charge is 0.306 e. The molecule has 0 saturated heterocycles. The molecule has 0 aliphatic carbocycles. The van der Waals surface area contributed by atoms with Gasteiger partial charge in [-0.15, -0.1) is 0 Å². The Balaban J connectivity index is 3.83. The highest BCUT2D eigenvalue weighted by atomic mass is 16.6. The van der Waals surface area contributed by atoms with E-state index in [1.54, 1.807) is 0 Å². The molecular formula is C25H46O7. The zero-order valence-corrected chi connectivity index (χ0v) is 20.1. The van der Waals surface area contributed by atoms with Gasteiger partial charge in [0.2, 0.25) is 0 Å². The van der Waals surface area contributed by atoms with Gasteiger partial charge < -0.3 is 25.2 Å². The number of aliphatic hydroxyl groups excluding tert-OH is 4. The standard InChI is InChI=1S/C25H46O7/c1-3-4-5-6-7-8-9-10-11-12-13-14-15-16-17-18-22(29)32-25(20(2)27)24(31)23(30)21(28)19-26/h10-11,21,23-26,28,30-31H,3-9,12-19H2,1-2H3/t21-,23-,24+,25+/m1/s1. The number of ether oxygens (including phenoxy) is 1. The van der Waals surface area contributed by atoms with Gasteiger partial charge in [-0.25, -0.2) is 0 Å². The van der Waals surface area contributed by atoms with Crippen molar-refractivity contribution in [1.29, 1.82) is 0 Å². The molecule has 0 aromatic carbocycles. The van der Waals surface area contributed by atoms with E-state index < -0.39 is 42.8 Å². The summed E-state index contributed by atoms with van der Waals surface area (Å²) in [6, 6.07) is 0. The highest BCUT2D eigenvalue weighted by molar-refractivity contribution is 5.84. The topological polar surface area (TPSA) is 124 Å². The lowest BCUT2D eigenvalue weighted by Crippen LogP contribution is -2.49. The fourth-order valence-corrected chi connectivity index (χ4v) is 3.45. The molecule has 32 heavy (non-hydrogen) atoms.